The van der Waals surface area contributed by atoms with Crippen molar-refractivity contribution in [3.63, 3.8) is 0 Å². The maximum Gasteiger partial charge on any atom is 0.306 e. The van der Waals surface area contributed by atoms with E-state index in [0.29, 0.717) is 26.1 Å². The molecule has 0 aromatic heterocycles. The molecule has 5 nitrogen and oxygen atoms in total. The van der Waals surface area contributed by atoms with Gasteiger partial charge in [-0.25, -0.2) is 0 Å². The molecular formula is C29H29NO4. The molecule has 174 valence electrons. The number of carbonyl (C=O) groups excluding carboxylic acids is 1. The molecule has 0 aliphatic heterocycles. The van der Waals surface area contributed by atoms with Gasteiger partial charge < -0.3 is 14.6 Å². The van der Waals surface area contributed by atoms with E-state index in [9.17, 15) is 9.90 Å². The Labute approximate surface area is 199 Å². The molecule has 0 fully saturated rings. The van der Waals surface area contributed by atoms with Crippen LogP contribution in [-0.4, -0.2) is 36.6 Å². The molecule has 5 heteroatoms. The lowest BCUT2D eigenvalue weighted by molar-refractivity contribution is -0.145. The van der Waals surface area contributed by atoms with Crippen LogP contribution in [0.1, 0.15) is 24.8 Å². The second-order valence-corrected chi connectivity index (χ2v) is 8.19. The lowest BCUT2D eigenvalue weighted by Crippen LogP contribution is -2.17. The van der Waals surface area contributed by atoms with Crippen LogP contribution < -0.4 is 0 Å². The molecule has 34 heavy (non-hydrogen) atoms. The molecule has 1 N–H and O–H groups in total. The molecule has 1 atom stereocenters. The summed E-state index contributed by atoms with van der Waals surface area (Å²) in [7, 11) is 0. The summed E-state index contributed by atoms with van der Waals surface area (Å²) in [6.07, 6.45) is 2.48. The van der Waals surface area contributed by atoms with Crippen molar-refractivity contribution in [2.75, 3.05) is 13.2 Å². The van der Waals surface area contributed by atoms with Crippen LogP contribution in [0.2, 0.25) is 0 Å². The fourth-order valence-electron chi connectivity index (χ4n) is 3.82. The zero-order valence-corrected chi connectivity index (χ0v) is 19.1. The Hall–Kier alpha value is -3.54. The van der Waals surface area contributed by atoms with E-state index in [1.165, 1.54) is 6.21 Å². The van der Waals surface area contributed by atoms with Gasteiger partial charge in [-0.1, -0.05) is 78.9 Å². The first-order chi connectivity index (χ1) is 16.7. The van der Waals surface area contributed by atoms with Gasteiger partial charge in [0.15, 0.2) is 0 Å². The van der Waals surface area contributed by atoms with Gasteiger partial charge in [-0.15, -0.1) is 0 Å². The maximum absolute atomic E-state index is 11.8. The van der Waals surface area contributed by atoms with E-state index in [2.05, 4.69) is 23.2 Å². The molecule has 0 heterocycles. The number of nitrogens with zero attached hydrogens (tertiary/aromatic N) is 1. The summed E-state index contributed by atoms with van der Waals surface area (Å²) in [6.45, 7) is 0.923. The highest BCUT2D eigenvalue weighted by Gasteiger charge is 2.08. The third-order valence-corrected chi connectivity index (χ3v) is 5.57. The summed E-state index contributed by atoms with van der Waals surface area (Å²) < 4.78 is 10.8. The number of hydrogen-bond acceptors (Lipinski definition) is 5. The number of carbonyl (C=O) groups is 1. The smallest absolute Gasteiger partial charge is 0.306 e. The van der Waals surface area contributed by atoms with Crippen LogP contribution >= 0.6 is 0 Å². The van der Waals surface area contributed by atoms with Crippen LogP contribution in [0.25, 0.3) is 21.5 Å². The number of rotatable bonds is 11. The Morgan fingerprint density at radius 1 is 0.882 bits per heavy atom. The molecule has 0 amide bonds. The van der Waals surface area contributed by atoms with E-state index >= 15 is 0 Å². The molecule has 0 saturated carbocycles. The predicted octanol–water partition coefficient (Wildman–Crippen LogP) is 5.99. The third-order valence-electron chi connectivity index (χ3n) is 5.57. The SMILES string of the molecule is O=C(CCCCOCC(O)C=Nc1c2ccccc2cc2ccccc12)OCc1ccccc1. The first-order valence-electron chi connectivity index (χ1n) is 11.6. The fraction of sp³-hybridized carbons (Fsp3) is 0.241. The highest BCUT2D eigenvalue weighted by Crippen LogP contribution is 2.34. The number of esters is 1. The minimum atomic E-state index is -0.812. The number of aliphatic imine (C=N–C) groups is 1. The first kappa shape index (κ1) is 23.6. The number of aliphatic hydroxyl groups excluding tert-OH is 1. The van der Waals surface area contributed by atoms with Gasteiger partial charge in [0.05, 0.1) is 12.3 Å². The van der Waals surface area contributed by atoms with E-state index in [4.69, 9.17) is 9.47 Å². The molecule has 4 aromatic rings. The quantitative estimate of drug-likeness (QED) is 0.131. The largest absolute Gasteiger partial charge is 0.461 e. The molecule has 0 bridgehead atoms. The molecule has 0 aliphatic rings. The number of unbranched alkanes of at least 4 members (excludes halogenated alkanes) is 1. The number of aliphatic hydroxyl groups is 1. The highest BCUT2D eigenvalue weighted by atomic mass is 16.5. The van der Waals surface area contributed by atoms with Crippen molar-refractivity contribution < 1.29 is 19.4 Å². The summed E-state index contributed by atoms with van der Waals surface area (Å²) in [6, 6.07) is 28.0. The summed E-state index contributed by atoms with van der Waals surface area (Å²) in [5.41, 5.74) is 1.83. The van der Waals surface area contributed by atoms with Gasteiger partial charge in [-0.3, -0.25) is 9.79 Å². The molecule has 0 spiro atoms. The van der Waals surface area contributed by atoms with E-state index in [0.717, 1.165) is 39.2 Å². The van der Waals surface area contributed by atoms with Gasteiger partial charge in [0, 0.05) is 30.0 Å². The van der Waals surface area contributed by atoms with Gasteiger partial charge in [0.25, 0.3) is 0 Å². The highest BCUT2D eigenvalue weighted by molar-refractivity contribution is 6.10. The number of hydrogen-bond donors (Lipinski definition) is 1. The third kappa shape index (κ3) is 6.50. The number of benzene rings is 4. The van der Waals surface area contributed by atoms with Crippen LogP contribution in [0.3, 0.4) is 0 Å². The standard InChI is InChI=1S/C29H29NO4/c31-25(21-33-17-9-8-16-28(32)34-20-22-10-2-1-3-11-22)19-30-29-26-14-6-4-12-23(26)18-24-13-5-7-15-27(24)29/h1-7,10-15,18-19,25,31H,8-9,16-17,20-21H2. The molecule has 0 saturated heterocycles. The maximum atomic E-state index is 11.8. The van der Waals surface area contributed by atoms with Crippen molar-refractivity contribution in [3.8, 4) is 0 Å². The Bertz CT molecular complexity index is 1200. The van der Waals surface area contributed by atoms with E-state index in [1.807, 2.05) is 66.7 Å². The summed E-state index contributed by atoms with van der Waals surface area (Å²) >= 11 is 0. The van der Waals surface area contributed by atoms with Gasteiger partial charge >= 0.3 is 5.97 Å². The van der Waals surface area contributed by atoms with Gasteiger partial charge in [0.2, 0.25) is 0 Å². The van der Waals surface area contributed by atoms with Crippen LogP contribution in [0.5, 0.6) is 0 Å². The van der Waals surface area contributed by atoms with Crippen molar-refractivity contribution in [3.05, 3.63) is 90.5 Å². The lowest BCUT2D eigenvalue weighted by atomic mass is 10.0. The summed E-state index contributed by atoms with van der Waals surface area (Å²) in [4.78, 5) is 16.5. The predicted molar refractivity (Wildman–Crippen MR) is 137 cm³/mol. The average Bonchev–Trinajstić information content (AvgIpc) is 2.88. The van der Waals surface area contributed by atoms with E-state index < -0.39 is 6.10 Å². The molecule has 4 aromatic carbocycles. The monoisotopic (exact) mass is 455 g/mol. The Kier molecular flexibility index (Phi) is 8.38. The molecule has 0 radical (unpaired) electrons. The van der Waals surface area contributed by atoms with Crippen molar-refractivity contribution >= 4 is 39.4 Å². The molecular weight excluding hydrogens is 426 g/mol. The van der Waals surface area contributed by atoms with Crippen LogP contribution in [-0.2, 0) is 20.9 Å². The topological polar surface area (TPSA) is 68.1 Å². The minimum Gasteiger partial charge on any atom is -0.461 e. The van der Waals surface area contributed by atoms with Crippen LogP contribution in [0.15, 0.2) is 89.9 Å². The lowest BCUT2D eigenvalue weighted by Gasteiger charge is -2.10. The van der Waals surface area contributed by atoms with Crippen molar-refractivity contribution in [2.45, 2.75) is 32.0 Å². The van der Waals surface area contributed by atoms with Crippen LogP contribution in [0.4, 0.5) is 5.69 Å². The first-order valence-corrected chi connectivity index (χ1v) is 11.6. The summed E-state index contributed by atoms with van der Waals surface area (Å²) in [5.74, 6) is -0.210. The fourth-order valence-corrected chi connectivity index (χ4v) is 3.82. The van der Waals surface area contributed by atoms with Crippen LogP contribution in [0, 0.1) is 0 Å². The number of ether oxygens (including phenoxy) is 2. The van der Waals surface area contributed by atoms with E-state index in [1.54, 1.807) is 0 Å². The average molecular weight is 456 g/mol. The zero-order valence-electron chi connectivity index (χ0n) is 19.1. The zero-order chi connectivity index (χ0) is 23.6. The van der Waals surface area contributed by atoms with Gasteiger partial charge in [-0.05, 0) is 35.2 Å². The Morgan fingerprint density at radius 2 is 1.53 bits per heavy atom. The van der Waals surface area contributed by atoms with E-state index in [-0.39, 0.29) is 12.6 Å². The molecule has 1 unspecified atom stereocenters. The minimum absolute atomic E-state index is 0.157. The normalized spacial score (nSPS) is 12.4. The summed E-state index contributed by atoms with van der Waals surface area (Å²) in [5, 5.41) is 14.6. The molecule has 4 rings (SSSR count). The van der Waals surface area contributed by atoms with Crippen molar-refractivity contribution in [1.82, 2.24) is 0 Å². The van der Waals surface area contributed by atoms with Crippen molar-refractivity contribution in [2.24, 2.45) is 4.99 Å². The Morgan fingerprint density at radius 3 is 2.24 bits per heavy atom. The van der Waals surface area contributed by atoms with Gasteiger partial charge in [-0.2, -0.15) is 0 Å². The van der Waals surface area contributed by atoms with Gasteiger partial charge in [0.1, 0.15) is 12.7 Å². The second-order valence-electron chi connectivity index (χ2n) is 8.19. The van der Waals surface area contributed by atoms with Crippen molar-refractivity contribution in [1.29, 1.82) is 0 Å². The second kappa shape index (κ2) is 12.1. The number of fused-ring (bicyclic) bond motifs is 2. The molecule has 0 aliphatic carbocycles. The Balaban J connectivity index is 1.21.